The second-order valence-electron chi connectivity index (χ2n) is 4.18. The van der Waals surface area contributed by atoms with Gasteiger partial charge in [0, 0.05) is 18.0 Å². The molecule has 0 amide bonds. The highest BCUT2D eigenvalue weighted by atomic mass is 35.5. The van der Waals surface area contributed by atoms with Gasteiger partial charge in [0.25, 0.3) is 0 Å². The van der Waals surface area contributed by atoms with Gasteiger partial charge in [0.2, 0.25) is 17.8 Å². The molecule has 0 aromatic carbocycles. The summed E-state index contributed by atoms with van der Waals surface area (Å²) in [5.74, 6) is -0.200. The van der Waals surface area contributed by atoms with Crippen LogP contribution in [0.15, 0.2) is 36.5 Å². The lowest BCUT2D eigenvalue weighted by atomic mass is 10.3. The summed E-state index contributed by atoms with van der Waals surface area (Å²) in [5.41, 5.74) is 6.55. The molecule has 0 atom stereocenters. The van der Waals surface area contributed by atoms with E-state index in [4.69, 9.17) is 17.3 Å². The van der Waals surface area contributed by atoms with E-state index in [0.29, 0.717) is 16.5 Å². The zero-order valence-corrected chi connectivity index (χ0v) is 11.8. The van der Waals surface area contributed by atoms with Crippen LogP contribution in [0.3, 0.4) is 0 Å². The minimum Gasteiger partial charge on any atom is -0.368 e. The number of anilines is 3. The van der Waals surface area contributed by atoms with E-state index in [9.17, 15) is 4.39 Å². The van der Waals surface area contributed by atoms with Gasteiger partial charge in [-0.15, -0.1) is 0 Å². The first-order valence-corrected chi connectivity index (χ1v) is 6.51. The zero-order chi connectivity index (χ0) is 15.5. The first-order valence-electron chi connectivity index (χ1n) is 6.13. The smallest absolute Gasteiger partial charge is 0.232 e. The molecule has 0 saturated heterocycles. The lowest BCUT2D eigenvalue weighted by Crippen LogP contribution is -2.05. The molecule has 0 aliphatic heterocycles. The Morgan fingerprint density at radius 3 is 2.73 bits per heavy atom. The summed E-state index contributed by atoms with van der Waals surface area (Å²) in [4.78, 5) is 19.7. The number of nitrogens with one attached hydrogen (secondary N) is 1. The fraction of sp³-hybridized carbons (Fsp3) is 0. The Kier molecular flexibility index (Phi) is 3.75. The fourth-order valence-corrected chi connectivity index (χ4v) is 1.87. The number of hydrogen-bond donors (Lipinski definition) is 2. The Morgan fingerprint density at radius 1 is 1.09 bits per heavy atom. The van der Waals surface area contributed by atoms with Gasteiger partial charge in [-0.3, -0.25) is 0 Å². The number of nitrogens with zero attached hydrogens (tertiary/aromatic N) is 5. The normalized spacial score (nSPS) is 10.5. The number of rotatable bonds is 3. The number of hydrogen-bond acceptors (Lipinski definition) is 7. The molecule has 3 heterocycles. The molecule has 0 bridgehead atoms. The molecule has 3 N–H and O–H groups in total. The predicted molar refractivity (Wildman–Crippen MR) is 80.0 cm³/mol. The Hall–Kier alpha value is -2.87. The van der Waals surface area contributed by atoms with Gasteiger partial charge < -0.3 is 11.1 Å². The predicted octanol–water partition coefficient (Wildman–Crippen LogP) is 2.45. The lowest BCUT2D eigenvalue weighted by Gasteiger charge is -2.07. The number of aromatic nitrogens is 5. The Labute approximate surface area is 129 Å². The summed E-state index contributed by atoms with van der Waals surface area (Å²) in [7, 11) is 0. The van der Waals surface area contributed by atoms with Crippen LogP contribution in [0.1, 0.15) is 0 Å². The van der Waals surface area contributed by atoms with E-state index >= 15 is 0 Å². The molecule has 3 aromatic heterocycles. The summed E-state index contributed by atoms with van der Waals surface area (Å²) in [6, 6.07) is 7.82. The van der Waals surface area contributed by atoms with Crippen LogP contribution < -0.4 is 11.1 Å². The molecule has 0 radical (unpaired) electrons. The minimum absolute atomic E-state index is 0.00352. The summed E-state index contributed by atoms with van der Waals surface area (Å²) in [6.45, 7) is 0. The molecule has 0 spiro atoms. The molecule has 0 aliphatic carbocycles. The highest BCUT2D eigenvalue weighted by molar-refractivity contribution is 6.29. The van der Waals surface area contributed by atoms with Crippen molar-refractivity contribution in [3.8, 4) is 11.5 Å². The number of nitrogens with two attached hydrogens (primary N) is 1. The van der Waals surface area contributed by atoms with Gasteiger partial charge in [0.1, 0.15) is 10.8 Å². The molecule has 0 unspecified atom stereocenters. The number of nitrogen functional groups attached to an aromatic ring is 1. The van der Waals surface area contributed by atoms with Crippen LogP contribution in [0.4, 0.5) is 22.0 Å². The van der Waals surface area contributed by atoms with Crippen molar-refractivity contribution < 1.29 is 4.39 Å². The maximum Gasteiger partial charge on any atom is 0.232 e. The Balaban J connectivity index is 1.96. The second kappa shape index (κ2) is 5.86. The van der Waals surface area contributed by atoms with E-state index in [0.717, 1.165) is 0 Å². The Morgan fingerprint density at radius 2 is 1.95 bits per heavy atom. The van der Waals surface area contributed by atoms with Crippen LogP contribution in [-0.4, -0.2) is 24.9 Å². The van der Waals surface area contributed by atoms with Crippen LogP contribution in [0.5, 0.6) is 0 Å². The number of halogens is 2. The van der Waals surface area contributed by atoms with Crippen LogP contribution in [0.2, 0.25) is 5.15 Å². The fourth-order valence-electron chi connectivity index (χ4n) is 1.70. The highest BCUT2D eigenvalue weighted by Crippen LogP contribution is 2.19. The highest BCUT2D eigenvalue weighted by Gasteiger charge is 2.09. The monoisotopic (exact) mass is 317 g/mol. The standard InChI is InChI=1S/C13H9ClFN7/c14-9-3-1-2-8(19-9)11-20-12(16)22-13(21-11)18-7-4-5-17-10(15)6-7/h1-6H,(H3,16,17,18,20,21,22). The van der Waals surface area contributed by atoms with Gasteiger partial charge in [0.15, 0.2) is 5.82 Å². The van der Waals surface area contributed by atoms with Crippen molar-refractivity contribution in [2.24, 2.45) is 0 Å². The molecule has 22 heavy (non-hydrogen) atoms. The van der Waals surface area contributed by atoms with Crippen molar-refractivity contribution in [2.45, 2.75) is 0 Å². The molecule has 0 aliphatic rings. The van der Waals surface area contributed by atoms with Crippen LogP contribution in [0, 0.1) is 5.95 Å². The SMILES string of the molecule is Nc1nc(Nc2ccnc(F)c2)nc(-c2cccc(Cl)n2)n1. The molecule has 0 fully saturated rings. The topological polar surface area (TPSA) is 102 Å². The van der Waals surface area contributed by atoms with Gasteiger partial charge in [-0.05, 0) is 18.2 Å². The van der Waals surface area contributed by atoms with E-state index in [1.807, 2.05) is 0 Å². The average molecular weight is 318 g/mol. The average Bonchev–Trinajstić information content (AvgIpc) is 2.46. The van der Waals surface area contributed by atoms with Gasteiger partial charge in [0.05, 0.1) is 0 Å². The van der Waals surface area contributed by atoms with Crippen LogP contribution in [-0.2, 0) is 0 Å². The third-order valence-electron chi connectivity index (χ3n) is 2.58. The summed E-state index contributed by atoms with van der Waals surface area (Å²) in [6.07, 6.45) is 1.32. The molecule has 7 nitrogen and oxygen atoms in total. The van der Waals surface area contributed by atoms with Crippen molar-refractivity contribution in [1.29, 1.82) is 0 Å². The van der Waals surface area contributed by atoms with Gasteiger partial charge >= 0.3 is 0 Å². The second-order valence-corrected chi connectivity index (χ2v) is 4.57. The van der Waals surface area contributed by atoms with Crippen molar-refractivity contribution >= 4 is 29.2 Å². The van der Waals surface area contributed by atoms with Crippen molar-refractivity contribution in [3.05, 3.63) is 47.6 Å². The third-order valence-corrected chi connectivity index (χ3v) is 2.79. The van der Waals surface area contributed by atoms with Gasteiger partial charge in [-0.1, -0.05) is 17.7 Å². The largest absolute Gasteiger partial charge is 0.368 e. The number of pyridine rings is 2. The van der Waals surface area contributed by atoms with E-state index in [-0.39, 0.29) is 17.7 Å². The first kappa shape index (κ1) is 14.1. The van der Waals surface area contributed by atoms with Gasteiger partial charge in [-0.25, -0.2) is 9.97 Å². The maximum atomic E-state index is 13.1. The van der Waals surface area contributed by atoms with E-state index in [2.05, 4.69) is 30.2 Å². The minimum atomic E-state index is -0.622. The molecular weight excluding hydrogens is 309 g/mol. The quantitative estimate of drug-likeness (QED) is 0.715. The van der Waals surface area contributed by atoms with E-state index in [1.54, 1.807) is 24.3 Å². The van der Waals surface area contributed by atoms with Crippen molar-refractivity contribution in [1.82, 2.24) is 24.9 Å². The third kappa shape index (κ3) is 3.23. The van der Waals surface area contributed by atoms with Crippen molar-refractivity contribution in [3.63, 3.8) is 0 Å². The Bertz CT molecular complexity index is 827. The van der Waals surface area contributed by atoms with Gasteiger partial charge in [-0.2, -0.15) is 19.3 Å². The van der Waals surface area contributed by atoms with E-state index in [1.165, 1.54) is 12.3 Å². The molecule has 9 heteroatoms. The summed E-state index contributed by atoms with van der Waals surface area (Å²) >= 11 is 5.84. The zero-order valence-electron chi connectivity index (χ0n) is 11.0. The first-order chi connectivity index (χ1) is 10.6. The summed E-state index contributed by atoms with van der Waals surface area (Å²) < 4.78 is 13.1. The maximum absolute atomic E-state index is 13.1. The van der Waals surface area contributed by atoms with Crippen molar-refractivity contribution in [2.75, 3.05) is 11.1 Å². The molecular formula is C13H9ClFN7. The summed E-state index contributed by atoms with van der Waals surface area (Å²) in [5, 5.41) is 3.13. The molecule has 3 rings (SSSR count). The van der Waals surface area contributed by atoms with Crippen LogP contribution >= 0.6 is 11.6 Å². The molecule has 0 saturated carbocycles. The van der Waals surface area contributed by atoms with E-state index < -0.39 is 5.95 Å². The van der Waals surface area contributed by atoms with Crippen LogP contribution in [0.25, 0.3) is 11.5 Å². The lowest BCUT2D eigenvalue weighted by molar-refractivity contribution is 0.584. The molecule has 110 valence electrons. The molecule has 3 aromatic rings.